The van der Waals surface area contributed by atoms with Gasteiger partial charge in [-0.2, -0.15) is 4.98 Å². The molecule has 3 rings (SSSR count). The number of hydrogen-bond acceptors (Lipinski definition) is 7. The van der Waals surface area contributed by atoms with Gasteiger partial charge in [-0.1, -0.05) is 12.1 Å². The van der Waals surface area contributed by atoms with Crippen LogP contribution in [-0.4, -0.2) is 33.7 Å². The molecule has 2 heterocycles. The number of rotatable bonds is 7. The smallest absolute Gasteiger partial charge is 0.307 e. The number of carbonyl (C=O) groups excluding carboxylic acids is 1. The molecule has 8 nitrogen and oxygen atoms in total. The van der Waals surface area contributed by atoms with Gasteiger partial charge in [0.1, 0.15) is 5.65 Å². The molecule has 0 spiro atoms. The Kier molecular flexibility index (Phi) is 5.83. The molecule has 2 aromatic heterocycles. The SMILES string of the molecule is CCOC(=O)CCNc1ncc2cc(Oc3ccccc3F)c(=O)n(C)c2n1. The Balaban J connectivity index is 1.83. The molecule has 0 radical (unpaired) electrons. The fourth-order valence-electron chi connectivity index (χ4n) is 2.53. The fourth-order valence-corrected chi connectivity index (χ4v) is 2.53. The van der Waals surface area contributed by atoms with Crippen LogP contribution < -0.4 is 15.6 Å². The number of para-hydroxylation sites is 1. The number of fused-ring (bicyclic) bond motifs is 1. The molecule has 0 aliphatic heterocycles. The summed E-state index contributed by atoms with van der Waals surface area (Å²) in [6.07, 6.45) is 1.69. The van der Waals surface area contributed by atoms with Gasteiger partial charge >= 0.3 is 5.97 Å². The summed E-state index contributed by atoms with van der Waals surface area (Å²) in [5, 5.41) is 3.46. The summed E-state index contributed by atoms with van der Waals surface area (Å²) in [7, 11) is 1.54. The van der Waals surface area contributed by atoms with Crippen molar-refractivity contribution in [1.82, 2.24) is 14.5 Å². The number of nitrogens with zero attached hydrogens (tertiary/aromatic N) is 3. The second-order valence-electron chi connectivity index (χ2n) is 5.86. The highest BCUT2D eigenvalue weighted by Gasteiger charge is 2.13. The molecular weight excluding hydrogens is 367 g/mol. The number of benzene rings is 1. The van der Waals surface area contributed by atoms with Gasteiger partial charge in [0.15, 0.2) is 17.3 Å². The standard InChI is InChI=1S/C19H19FN4O4/c1-3-27-16(25)8-9-21-19-22-11-12-10-15(18(26)24(2)17(12)23-19)28-14-7-5-4-6-13(14)20/h4-7,10-11H,3,8-9H2,1-2H3,(H,21,22,23). The van der Waals surface area contributed by atoms with Crippen molar-refractivity contribution >= 4 is 23.0 Å². The van der Waals surface area contributed by atoms with Crippen molar-refractivity contribution in [2.24, 2.45) is 7.05 Å². The number of aromatic nitrogens is 3. The van der Waals surface area contributed by atoms with Crippen LogP contribution in [0.2, 0.25) is 0 Å². The topological polar surface area (TPSA) is 95.3 Å². The Hall–Kier alpha value is -3.49. The van der Waals surface area contributed by atoms with Gasteiger partial charge in [-0.25, -0.2) is 9.37 Å². The van der Waals surface area contributed by atoms with Gasteiger partial charge in [-0.15, -0.1) is 0 Å². The summed E-state index contributed by atoms with van der Waals surface area (Å²) in [4.78, 5) is 32.4. The lowest BCUT2D eigenvalue weighted by Gasteiger charge is -2.11. The molecule has 0 saturated carbocycles. The van der Waals surface area contributed by atoms with E-state index in [1.165, 1.54) is 42.1 Å². The van der Waals surface area contributed by atoms with E-state index >= 15 is 0 Å². The summed E-state index contributed by atoms with van der Waals surface area (Å²) in [5.41, 5.74) is -0.0913. The zero-order chi connectivity index (χ0) is 20.1. The van der Waals surface area contributed by atoms with Crippen LogP contribution in [0.4, 0.5) is 10.3 Å². The quantitative estimate of drug-likeness (QED) is 0.624. The van der Waals surface area contributed by atoms with Crippen LogP contribution in [0.3, 0.4) is 0 Å². The molecule has 9 heteroatoms. The molecule has 146 valence electrons. The number of pyridine rings is 1. The van der Waals surface area contributed by atoms with Crippen molar-refractivity contribution in [2.75, 3.05) is 18.5 Å². The fraction of sp³-hybridized carbons (Fsp3) is 0.263. The monoisotopic (exact) mass is 386 g/mol. The Morgan fingerprint density at radius 2 is 2.07 bits per heavy atom. The second-order valence-corrected chi connectivity index (χ2v) is 5.86. The maximum Gasteiger partial charge on any atom is 0.307 e. The molecule has 0 amide bonds. The molecule has 1 N–H and O–H groups in total. The summed E-state index contributed by atoms with van der Waals surface area (Å²) in [5.74, 6) is -0.696. The Morgan fingerprint density at radius 1 is 1.29 bits per heavy atom. The molecular formula is C19H19FN4O4. The van der Waals surface area contributed by atoms with E-state index in [4.69, 9.17) is 9.47 Å². The maximum absolute atomic E-state index is 13.8. The third-order valence-corrected chi connectivity index (χ3v) is 3.89. The van der Waals surface area contributed by atoms with Crippen LogP contribution in [0.15, 0.2) is 41.3 Å². The number of ether oxygens (including phenoxy) is 2. The summed E-state index contributed by atoms with van der Waals surface area (Å²) < 4.78 is 25.4. The highest BCUT2D eigenvalue weighted by Crippen LogP contribution is 2.24. The van der Waals surface area contributed by atoms with E-state index in [1.807, 2.05) is 0 Å². The van der Waals surface area contributed by atoms with Crippen molar-refractivity contribution in [3.63, 3.8) is 0 Å². The molecule has 0 saturated heterocycles. The van der Waals surface area contributed by atoms with Crippen LogP contribution in [0.1, 0.15) is 13.3 Å². The van der Waals surface area contributed by atoms with Crippen LogP contribution >= 0.6 is 0 Å². The number of aryl methyl sites for hydroxylation is 1. The predicted molar refractivity (Wildman–Crippen MR) is 101 cm³/mol. The summed E-state index contributed by atoms with van der Waals surface area (Å²) in [6.45, 7) is 2.36. The van der Waals surface area contributed by atoms with Gasteiger partial charge in [0.05, 0.1) is 13.0 Å². The number of anilines is 1. The van der Waals surface area contributed by atoms with Gasteiger partial charge < -0.3 is 14.8 Å². The average molecular weight is 386 g/mol. The Bertz CT molecular complexity index is 1070. The normalized spacial score (nSPS) is 10.7. The van der Waals surface area contributed by atoms with Crippen LogP contribution in [0, 0.1) is 5.82 Å². The number of nitrogens with one attached hydrogen (secondary N) is 1. The molecule has 0 atom stereocenters. The Labute approximate surface area is 159 Å². The van der Waals surface area contributed by atoms with Crippen molar-refractivity contribution in [2.45, 2.75) is 13.3 Å². The summed E-state index contributed by atoms with van der Waals surface area (Å²) >= 11 is 0. The van der Waals surface area contributed by atoms with Gasteiger partial charge in [-0.3, -0.25) is 14.2 Å². The van der Waals surface area contributed by atoms with E-state index in [0.29, 0.717) is 24.2 Å². The zero-order valence-corrected chi connectivity index (χ0v) is 15.4. The first-order valence-electron chi connectivity index (χ1n) is 8.68. The number of esters is 1. The van der Waals surface area contributed by atoms with Crippen molar-refractivity contribution in [1.29, 1.82) is 0 Å². The molecule has 0 unspecified atom stereocenters. The molecule has 0 bridgehead atoms. The van der Waals surface area contributed by atoms with Crippen LogP contribution in [0.25, 0.3) is 11.0 Å². The third-order valence-electron chi connectivity index (χ3n) is 3.89. The van der Waals surface area contributed by atoms with Gasteiger partial charge in [0.25, 0.3) is 5.56 Å². The number of hydrogen-bond donors (Lipinski definition) is 1. The molecule has 3 aromatic rings. The predicted octanol–water partition coefficient (Wildman–Crippen LogP) is 2.63. The van der Waals surface area contributed by atoms with Crippen molar-refractivity contribution in [3.8, 4) is 11.5 Å². The lowest BCUT2D eigenvalue weighted by molar-refractivity contribution is -0.142. The minimum Gasteiger partial charge on any atom is -0.466 e. The average Bonchev–Trinajstić information content (AvgIpc) is 2.68. The summed E-state index contributed by atoms with van der Waals surface area (Å²) in [6, 6.07) is 7.29. The number of halogens is 1. The van der Waals surface area contributed by atoms with Crippen molar-refractivity contribution in [3.05, 3.63) is 52.7 Å². The van der Waals surface area contributed by atoms with Gasteiger partial charge in [0, 0.05) is 25.2 Å². The highest BCUT2D eigenvalue weighted by molar-refractivity contribution is 5.77. The Morgan fingerprint density at radius 3 is 2.82 bits per heavy atom. The van der Waals surface area contributed by atoms with Crippen molar-refractivity contribution < 1.29 is 18.7 Å². The first-order valence-corrected chi connectivity index (χ1v) is 8.68. The van der Waals surface area contributed by atoms with E-state index in [-0.39, 0.29) is 29.8 Å². The van der Waals surface area contributed by atoms with E-state index in [2.05, 4.69) is 15.3 Å². The molecule has 0 fully saturated rings. The van der Waals surface area contributed by atoms with Crippen LogP contribution in [-0.2, 0) is 16.6 Å². The zero-order valence-electron chi connectivity index (χ0n) is 15.4. The lowest BCUT2D eigenvalue weighted by Crippen LogP contribution is -2.20. The van der Waals surface area contributed by atoms with E-state index in [0.717, 1.165) is 0 Å². The van der Waals surface area contributed by atoms with E-state index in [9.17, 15) is 14.0 Å². The molecule has 0 aliphatic rings. The maximum atomic E-state index is 13.8. The first kappa shape index (κ1) is 19.3. The second kappa shape index (κ2) is 8.47. The van der Waals surface area contributed by atoms with E-state index < -0.39 is 11.4 Å². The van der Waals surface area contributed by atoms with Gasteiger partial charge in [-0.05, 0) is 25.1 Å². The van der Waals surface area contributed by atoms with Gasteiger partial charge in [0.2, 0.25) is 5.95 Å². The lowest BCUT2D eigenvalue weighted by atomic mass is 10.3. The minimum absolute atomic E-state index is 0.0354. The highest BCUT2D eigenvalue weighted by atomic mass is 19.1. The molecule has 28 heavy (non-hydrogen) atoms. The third kappa shape index (κ3) is 4.25. The first-order chi connectivity index (χ1) is 13.5. The minimum atomic E-state index is -0.568. The molecule has 1 aromatic carbocycles. The largest absolute Gasteiger partial charge is 0.466 e. The van der Waals surface area contributed by atoms with E-state index in [1.54, 1.807) is 13.0 Å². The van der Waals surface area contributed by atoms with Crippen LogP contribution in [0.5, 0.6) is 11.5 Å². The molecule has 0 aliphatic carbocycles. The number of carbonyl (C=O) groups is 1.